The maximum atomic E-state index is 5.70. The maximum absolute atomic E-state index is 5.70. The third kappa shape index (κ3) is 1.54. The van der Waals surface area contributed by atoms with Crippen LogP contribution in [0.4, 0.5) is 5.69 Å². The molecule has 2 N–H and O–H groups in total. The summed E-state index contributed by atoms with van der Waals surface area (Å²) in [6.45, 7) is 1.77. The van der Waals surface area contributed by atoms with Gasteiger partial charge in [-0.25, -0.2) is 0 Å². The lowest BCUT2D eigenvalue weighted by atomic mass is 10.3. The van der Waals surface area contributed by atoms with Crippen LogP contribution in [0.1, 0.15) is 17.2 Å². The molecular formula is C10H10N2O2. The second kappa shape index (κ2) is 3.41. The number of aryl methyl sites for hydroxylation is 1. The fraction of sp³-hybridized carbons (Fsp3) is 0.100. The number of aromatic nitrogens is 1. The highest BCUT2D eigenvalue weighted by atomic mass is 16.5. The van der Waals surface area contributed by atoms with Crippen molar-refractivity contribution < 1.29 is 8.94 Å². The molecule has 0 saturated heterocycles. The van der Waals surface area contributed by atoms with Crippen molar-refractivity contribution in [2.45, 2.75) is 6.92 Å². The van der Waals surface area contributed by atoms with Gasteiger partial charge in [-0.1, -0.05) is 5.16 Å². The van der Waals surface area contributed by atoms with E-state index in [1.807, 2.05) is 12.1 Å². The third-order valence-electron chi connectivity index (χ3n) is 1.88. The number of rotatable bonds is 2. The van der Waals surface area contributed by atoms with Gasteiger partial charge in [0, 0.05) is 0 Å². The third-order valence-corrected chi connectivity index (χ3v) is 1.88. The van der Waals surface area contributed by atoms with Crippen LogP contribution >= 0.6 is 0 Å². The van der Waals surface area contributed by atoms with Crippen molar-refractivity contribution >= 4 is 17.8 Å². The molecule has 0 aliphatic carbocycles. The molecule has 72 valence electrons. The van der Waals surface area contributed by atoms with Crippen molar-refractivity contribution in [3.05, 3.63) is 35.6 Å². The Morgan fingerprint density at radius 1 is 1.43 bits per heavy atom. The van der Waals surface area contributed by atoms with Crippen molar-refractivity contribution in [1.82, 2.24) is 5.16 Å². The minimum atomic E-state index is 0.563. The molecule has 0 bridgehead atoms. The first-order valence-corrected chi connectivity index (χ1v) is 4.20. The van der Waals surface area contributed by atoms with E-state index in [1.54, 1.807) is 25.3 Å². The van der Waals surface area contributed by atoms with E-state index in [0.29, 0.717) is 17.1 Å². The molecule has 0 radical (unpaired) electrons. The molecule has 0 fully saturated rings. The number of nitrogen functional groups attached to an aromatic ring is 1. The van der Waals surface area contributed by atoms with E-state index in [0.717, 1.165) is 5.76 Å². The van der Waals surface area contributed by atoms with Crippen molar-refractivity contribution in [3.63, 3.8) is 0 Å². The lowest BCUT2D eigenvalue weighted by Gasteiger charge is -1.86. The largest absolute Gasteiger partial charge is 0.465 e. The van der Waals surface area contributed by atoms with Crippen molar-refractivity contribution in [1.29, 1.82) is 0 Å². The molecule has 0 aliphatic rings. The topological polar surface area (TPSA) is 65.2 Å². The van der Waals surface area contributed by atoms with Crippen LogP contribution in [0, 0.1) is 6.92 Å². The fourth-order valence-corrected chi connectivity index (χ4v) is 1.06. The summed E-state index contributed by atoms with van der Waals surface area (Å²) in [5, 5.41) is 3.79. The Kier molecular flexibility index (Phi) is 2.10. The van der Waals surface area contributed by atoms with Crippen molar-refractivity contribution in [3.8, 4) is 0 Å². The van der Waals surface area contributed by atoms with Gasteiger partial charge >= 0.3 is 0 Å². The molecule has 0 aliphatic heterocycles. The van der Waals surface area contributed by atoms with Gasteiger partial charge in [0.05, 0.1) is 6.26 Å². The molecule has 2 rings (SSSR count). The molecular weight excluding hydrogens is 180 g/mol. The molecule has 0 atom stereocenters. The van der Waals surface area contributed by atoms with E-state index in [9.17, 15) is 0 Å². The van der Waals surface area contributed by atoms with Gasteiger partial charge < -0.3 is 14.7 Å². The highest BCUT2D eigenvalue weighted by Gasteiger charge is 2.04. The molecule has 4 nitrogen and oxygen atoms in total. The van der Waals surface area contributed by atoms with Gasteiger partial charge in [-0.2, -0.15) is 0 Å². The van der Waals surface area contributed by atoms with E-state index < -0.39 is 0 Å². The normalized spacial score (nSPS) is 11.2. The van der Waals surface area contributed by atoms with Crippen LogP contribution in [0.2, 0.25) is 0 Å². The first-order valence-electron chi connectivity index (χ1n) is 4.20. The van der Waals surface area contributed by atoms with Crippen LogP contribution in [-0.4, -0.2) is 5.16 Å². The molecule has 14 heavy (non-hydrogen) atoms. The Bertz CT molecular complexity index is 441. The van der Waals surface area contributed by atoms with Crippen LogP contribution in [0.15, 0.2) is 27.3 Å². The zero-order chi connectivity index (χ0) is 9.97. The molecule has 0 saturated carbocycles. The summed E-state index contributed by atoms with van der Waals surface area (Å²) in [6.07, 6.45) is 5.15. The summed E-state index contributed by atoms with van der Waals surface area (Å²) < 4.78 is 10.0. The fourth-order valence-electron chi connectivity index (χ4n) is 1.06. The minimum Gasteiger partial charge on any atom is -0.465 e. The van der Waals surface area contributed by atoms with Gasteiger partial charge in [0.15, 0.2) is 5.76 Å². The van der Waals surface area contributed by atoms with Gasteiger partial charge in [0.25, 0.3) is 0 Å². The Morgan fingerprint density at radius 3 is 2.86 bits per heavy atom. The van der Waals surface area contributed by atoms with Crippen molar-refractivity contribution in [2.75, 3.05) is 5.73 Å². The molecule has 2 aromatic heterocycles. The standard InChI is InChI=1S/C10H10N2O2/c1-7-10(11)9(12-14-7)5-4-8-3-2-6-13-8/h2-6H,11H2,1H3. The Balaban J connectivity index is 2.23. The lowest BCUT2D eigenvalue weighted by molar-refractivity contribution is 0.396. The average molecular weight is 190 g/mol. The van der Waals surface area contributed by atoms with Gasteiger partial charge in [0.1, 0.15) is 17.1 Å². The van der Waals surface area contributed by atoms with E-state index in [2.05, 4.69) is 5.16 Å². The number of nitrogens with zero attached hydrogens (tertiary/aromatic N) is 1. The SMILES string of the molecule is Cc1onc(C=Cc2ccco2)c1N. The van der Waals surface area contributed by atoms with Gasteiger partial charge in [-0.05, 0) is 31.2 Å². The van der Waals surface area contributed by atoms with Crippen LogP contribution in [0.25, 0.3) is 12.2 Å². The predicted molar refractivity (Wildman–Crippen MR) is 53.3 cm³/mol. The van der Waals surface area contributed by atoms with E-state index in [4.69, 9.17) is 14.7 Å². The highest BCUT2D eigenvalue weighted by molar-refractivity contribution is 5.72. The Morgan fingerprint density at radius 2 is 2.29 bits per heavy atom. The second-order valence-electron chi connectivity index (χ2n) is 2.89. The smallest absolute Gasteiger partial charge is 0.157 e. The molecule has 2 heterocycles. The number of nitrogens with two attached hydrogens (primary N) is 1. The summed E-state index contributed by atoms with van der Waals surface area (Å²) >= 11 is 0. The second-order valence-corrected chi connectivity index (χ2v) is 2.89. The van der Waals surface area contributed by atoms with Crippen LogP contribution in [0.3, 0.4) is 0 Å². The quantitative estimate of drug-likeness (QED) is 0.789. The summed E-state index contributed by atoms with van der Waals surface area (Å²) in [5.74, 6) is 1.38. The minimum absolute atomic E-state index is 0.563. The molecule has 4 heteroatoms. The summed E-state index contributed by atoms with van der Waals surface area (Å²) in [5.41, 5.74) is 6.89. The summed E-state index contributed by atoms with van der Waals surface area (Å²) in [7, 11) is 0. The van der Waals surface area contributed by atoms with E-state index >= 15 is 0 Å². The summed E-state index contributed by atoms with van der Waals surface area (Å²) in [4.78, 5) is 0. The van der Waals surface area contributed by atoms with Gasteiger partial charge in [-0.15, -0.1) is 0 Å². The van der Waals surface area contributed by atoms with E-state index in [1.165, 1.54) is 0 Å². The zero-order valence-corrected chi connectivity index (χ0v) is 7.73. The number of anilines is 1. The Labute approximate surface area is 81.0 Å². The van der Waals surface area contributed by atoms with Crippen molar-refractivity contribution in [2.24, 2.45) is 0 Å². The van der Waals surface area contributed by atoms with Crippen LogP contribution < -0.4 is 5.73 Å². The first-order chi connectivity index (χ1) is 6.77. The molecule has 0 amide bonds. The monoisotopic (exact) mass is 190 g/mol. The first kappa shape index (κ1) is 8.62. The predicted octanol–water partition coefficient (Wildman–Crippen LogP) is 2.33. The van der Waals surface area contributed by atoms with Crippen LogP contribution in [-0.2, 0) is 0 Å². The molecule has 0 unspecified atom stereocenters. The summed E-state index contributed by atoms with van der Waals surface area (Å²) in [6, 6.07) is 3.66. The van der Waals surface area contributed by atoms with Crippen LogP contribution in [0.5, 0.6) is 0 Å². The lowest BCUT2D eigenvalue weighted by Crippen LogP contribution is -1.86. The molecule has 2 aromatic rings. The molecule has 0 aromatic carbocycles. The van der Waals surface area contributed by atoms with Gasteiger partial charge in [-0.3, -0.25) is 0 Å². The maximum Gasteiger partial charge on any atom is 0.157 e. The molecule has 0 spiro atoms. The number of furan rings is 1. The van der Waals surface area contributed by atoms with Gasteiger partial charge in [0.2, 0.25) is 0 Å². The van der Waals surface area contributed by atoms with E-state index in [-0.39, 0.29) is 0 Å². The number of hydrogen-bond acceptors (Lipinski definition) is 4. The Hall–Kier alpha value is -1.97. The highest BCUT2D eigenvalue weighted by Crippen LogP contribution is 2.17. The average Bonchev–Trinajstić information content (AvgIpc) is 2.77. The number of hydrogen-bond donors (Lipinski definition) is 1. The zero-order valence-electron chi connectivity index (χ0n) is 7.73.